The number of carboxylic acids is 1. The summed E-state index contributed by atoms with van der Waals surface area (Å²) in [6.45, 7) is 4.81. The van der Waals surface area contributed by atoms with Crippen LogP contribution in [0.3, 0.4) is 0 Å². The summed E-state index contributed by atoms with van der Waals surface area (Å²) in [7, 11) is 0. The Hall–Kier alpha value is -1.26. The van der Waals surface area contributed by atoms with Gasteiger partial charge in [-0.15, -0.1) is 0 Å². The molecule has 2 fully saturated rings. The molecular weight excluding hydrogens is 256 g/mol. The van der Waals surface area contributed by atoms with Gasteiger partial charge in [0.25, 0.3) is 0 Å². The molecule has 2 amide bonds. The van der Waals surface area contributed by atoms with Gasteiger partial charge in [0.2, 0.25) is 0 Å². The summed E-state index contributed by atoms with van der Waals surface area (Å²) in [6, 6.07) is 0.262. The Morgan fingerprint density at radius 2 is 1.80 bits per heavy atom. The summed E-state index contributed by atoms with van der Waals surface area (Å²) in [5.74, 6) is -0.409. The highest BCUT2D eigenvalue weighted by molar-refractivity contribution is 5.80. The molecule has 0 bridgehead atoms. The minimum atomic E-state index is -0.914. The van der Waals surface area contributed by atoms with Gasteiger partial charge < -0.3 is 14.9 Å². The largest absolute Gasteiger partial charge is 0.480 e. The van der Waals surface area contributed by atoms with Crippen LogP contribution in [0, 0.1) is 5.92 Å². The number of likely N-dealkylation sites (tertiary alicyclic amines) is 1. The van der Waals surface area contributed by atoms with Crippen molar-refractivity contribution in [3.63, 3.8) is 0 Å². The first-order chi connectivity index (χ1) is 9.49. The van der Waals surface area contributed by atoms with Crippen LogP contribution in [0.25, 0.3) is 0 Å². The SMILES string of the molecule is CC1CCC(C)N(C(=O)N(CC(=O)O)C2CCCC2)C1. The highest BCUT2D eigenvalue weighted by atomic mass is 16.4. The van der Waals surface area contributed by atoms with Crippen LogP contribution in [0.5, 0.6) is 0 Å². The second-order valence-electron chi connectivity index (χ2n) is 6.43. The molecule has 2 rings (SSSR count). The third kappa shape index (κ3) is 3.44. The van der Waals surface area contributed by atoms with Crippen molar-refractivity contribution in [2.45, 2.75) is 64.5 Å². The normalized spacial score (nSPS) is 27.6. The van der Waals surface area contributed by atoms with Gasteiger partial charge in [0.1, 0.15) is 6.54 Å². The van der Waals surface area contributed by atoms with E-state index in [2.05, 4.69) is 13.8 Å². The predicted molar refractivity (Wildman–Crippen MR) is 76.6 cm³/mol. The number of hydrogen-bond acceptors (Lipinski definition) is 2. The van der Waals surface area contributed by atoms with Gasteiger partial charge in [0.15, 0.2) is 0 Å². The maximum absolute atomic E-state index is 12.8. The first-order valence-corrected chi connectivity index (χ1v) is 7.78. The Balaban J connectivity index is 2.09. The standard InChI is InChI=1S/C15H26N2O3/c1-11-7-8-12(2)16(9-11)15(20)17(10-14(18)19)13-5-3-4-6-13/h11-13H,3-10H2,1-2H3,(H,18,19). The molecule has 0 spiro atoms. The molecule has 0 aromatic heterocycles. The van der Waals surface area contributed by atoms with E-state index in [9.17, 15) is 9.59 Å². The Labute approximate surface area is 120 Å². The quantitative estimate of drug-likeness (QED) is 0.865. The molecule has 0 radical (unpaired) electrons. The van der Waals surface area contributed by atoms with Crippen molar-refractivity contribution in [3.8, 4) is 0 Å². The molecule has 0 aromatic rings. The van der Waals surface area contributed by atoms with Crippen LogP contribution in [0.15, 0.2) is 0 Å². The fourth-order valence-corrected chi connectivity index (χ4v) is 3.43. The lowest BCUT2D eigenvalue weighted by Gasteiger charge is -2.41. The molecule has 1 saturated heterocycles. The Morgan fingerprint density at radius 3 is 2.40 bits per heavy atom. The van der Waals surface area contributed by atoms with Gasteiger partial charge in [0, 0.05) is 18.6 Å². The summed E-state index contributed by atoms with van der Waals surface area (Å²) in [6.07, 6.45) is 6.24. The molecule has 2 aliphatic rings. The second-order valence-corrected chi connectivity index (χ2v) is 6.43. The number of aliphatic carboxylic acids is 1. The molecule has 1 N–H and O–H groups in total. The lowest BCUT2D eigenvalue weighted by Crippen LogP contribution is -2.54. The smallest absolute Gasteiger partial charge is 0.323 e. The molecule has 0 aromatic carbocycles. The molecule has 20 heavy (non-hydrogen) atoms. The predicted octanol–water partition coefficient (Wildman–Crippen LogP) is 2.56. The van der Waals surface area contributed by atoms with E-state index >= 15 is 0 Å². The van der Waals surface area contributed by atoms with E-state index in [0.29, 0.717) is 5.92 Å². The van der Waals surface area contributed by atoms with E-state index in [0.717, 1.165) is 45.1 Å². The summed E-state index contributed by atoms with van der Waals surface area (Å²) < 4.78 is 0. The van der Waals surface area contributed by atoms with Crippen LogP contribution in [0.4, 0.5) is 4.79 Å². The molecular formula is C15H26N2O3. The Bertz CT molecular complexity index is 366. The average molecular weight is 282 g/mol. The summed E-state index contributed by atoms with van der Waals surface area (Å²) in [5, 5.41) is 9.10. The van der Waals surface area contributed by atoms with Gasteiger partial charge in [-0.1, -0.05) is 19.8 Å². The van der Waals surface area contributed by atoms with Gasteiger partial charge in [-0.3, -0.25) is 4.79 Å². The van der Waals surface area contributed by atoms with Gasteiger partial charge in [0.05, 0.1) is 0 Å². The van der Waals surface area contributed by atoms with E-state index in [1.165, 1.54) is 0 Å². The number of amides is 2. The number of carbonyl (C=O) groups is 2. The minimum absolute atomic E-state index is 0.0710. The number of piperidine rings is 1. The van der Waals surface area contributed by atoms with E-state index in [-0.39, 0.29) is 24.7 Å². The van der Waals surface area contributed by atoms with Crippen molar-refractivity contribution in [1.82, 2.24) is 9.80 Å². The van der Waals surface area contributed by atoms with Gasteiger partial charge in [-0.2, -0.15) is 0 Å². The third-order valence-electron chi connectivity index (χ3n) is 4.68. The Morgan fingerprint density at radius 1 is 1.15 bits per heavy atom. The lowest BCUT2D eigenvalue weighted by atomic mass is 9.95. The number of rotatable bonds is 3. The minimum Gasteiger partial charge on any atom is -0.480 e. The molecule has 5 nitrogen and oxygen atoms in total. The van der Waals surface area contributed by atoms with Crippen LogP contribution in [-0.4, -0.2) is 52.1 Å². The molecule has 2 atom stereocenters. The molecule has 114 valence electrons. The highest BCUT2D eigenvalue weighted by Gasteiger charge is 2.35. The Kier molecular flexibility index (Phi) is 4.89. The van der Waals surface area contributed by atoms with Gasteiger partial charge in [-0.25, -0.2) is 4.79 Å². The number of urea groups is 1. The average Bonchev–Trinajstić information content (AvgIpc) is 2.91. The van der Waals surface area contributed by atoms with Crippen molar-refractivity contribution < 1.29 is 14.7 Å². The number of carboxylic acid groups (broad SMARTS) is 1. The zero-order valence-electron chi connectivity index (χ0n) is 12.5. The molecule has 1 heterocycles. The fraction of sp³-hybridized carbons (Fsp3) is 0.867. The molecule has 5 heteroatoms. The first kappa shape index (κ1) is 15.1. The zero-order chi connectivity index (χ0) is 14.7. The lowest BCUT2D eigenvalue weighted by molar-refractivity contribution is -0.138. The summed E-state index contributed by atoms with van der Waals surface area (Å²) in [4.78, 5) is 27.3. The third-order valence-corrected chi connectivity index (χ3v) is 4.68. The van der Waals surface area contributed by atoms with Crippen LogP contribution in [-0.2, 0) is 4.79 Å². The van der Waals surface area contributed by atoms with Gasteiger partial charge in [-0.05, 0) is 38.5 Å². The van der Waals surface area contributed by atoms with E-state index < -0.39 is 5.97 Å². The highest BCUT2D eigenvalue weighted by Crippen LogP contribution is 2.27. The van der Waals surface area contributed by atoms with Crippen LogP contribution in [0.2, 0.25) is 0 Å². The van der Waals surface area contributed by atoms with Crippen LogP contribution < -0.4 is 0 Å². The van der Waals surface area contributed by atoms with Crippen molar-refractivity contribution in [2.24, 2.45) is 5.92 Å². The monoisotopic (exact) mass is 282 g/mol. The zero-order valence-corrected chi connectivity index (χ0v) is 12.5. The number of hydrogen-bond donors (Lipinski definition) is 1. The maximum Gasteiger partial charge on any atom is 0.323 e. The topological polar surface area (TPSA) is 60.9 Å². The van der Waals surface area contributed by atoms with Crippen molar-refractivity contribution in [1.29, 1.82) is 0 Å². The fourth-order valence-electron chi connectivity index (χ4n) is 3.43. The second kappa shape index (κ2) is 6.46. The molecule has 1 aliphatic heterocycles. The number of carbonyl (C=O) groups excluding carboxylic acids is 1. The summed E-state index contributed by atoms with van der Waals surface area (Å²) in [5.41, 5.74) is 0. The molecule has 1 aliphatic carbocycles. The number of nitrogens with zero attached hydrogens (tertiary/aromatic N) is 2. The van der Waals surface area contributed by atoms with E-state index in [1.54, 1.807) is 4.90 Å². The summed E-state index contributed by atoms with van der Waals surface area (Å²) >= 11 is 0. The van der Waals surface area contributed by atoms with Crippen molar-refractivity contribution in [2.75, 3.05) is 13.1 Å². The molecule has 1 saturated carbocycles. The van der Waals surface area contributed by atoms with Gasteiger partial charge >= 0.3 is 12.0 Å². The van der Waals surface area contributed by atoms with Crippen molar-refractivity contribution >= 4 is 12.0 Å². The molecule has 2 unspecified atom stereocenters. The first-order valence-electron chi connectivity index (χ1n) is 7.78. The van der Waals surface area contributed by atoms with Crippen LogP contribution in [0.1, 0.15) is 52.4 Å². The maximum atomic E-state index is 12.8. The van der Waals surface area contributed by atoms with E-state index in [4.69, 9.17) is 5.11 Å². The van der Waals surface area contributed by atoms with E-state index in [1.807, 2.05) is 4.90 Å². The van der Waals surface area contributed by atoms with Crippen molar-refractivity contribution in [3.05, 3.63) is 0 Å². The van der Waals surface area contributed by atoms with Crippen LogP contribution >= 0.6 is 0 Å².